The monoisotopic (exact) mass is 287 g/mol. The molecule has 0 N–H and O–H groups in total. The molecule has 0 atom stereocenters. The number of hydrogen-bond acceptors (Lipinski definition) is 2. The first kappa shape index (κ1) is 13.6. The zero-order valence-corrected chi connectivity index (χ0v) is 13.4. The average Bonchev–Trinajstić information content (AvgIpc) is 2.86. The number of carbonyl (C=O) groups is 1. The van der Waals surface area contributed by atoms with Crippen molar-refractivity contribution in [3.05, 3.63) is 44.9 Å². The topological polar surface area (TPSA) is 22.0 Å². The Balaban J connectivity index is 2.05. The van der Waals surface area contributed by atoms with E-state index in [0.717, 1.165) is 18.5 Å². The fraction of sp³-hybridized carbons (Fsp3) is 0.471. The van der Waals surface area contributed by atoms with Gasteiger partial charge in [-0.1, -0.05) is 13.8 Å². The summed E-state index contributed by atoms with van der Waals surface area (Å²) in [5.74, 6) is 0.306. The van der Waals surface area contributed by atoms with Gasteiger partial charge in [-0.15, -0.1) is 0 Å². The summed E-state index contributed by atoms with van der Waals surface area (Å²) in [5, 5.41) is 4.41. The number of rotatable bonds is 2. The quantitative estimate of drug-likeness (QED) is 0.804. The number of nitrogens with zero attached hydrogens (tertiary/aromatic N) is 1. The van der Waals surface area contributed by atoms with Crippen LogP contribution >= 0.6 is 11.3 Å². The van der Waals surface area contributed by atoms with E-state index in [1.807, 2.05) is 0 Å². The molecule has 1 aliphatic carbocycles. The highest BCUT2D eigenvalue weighted by Gasteiger charge is 2.33. The summed E-state index contributed by atoms with van der Waals surface area (Å²) >= 11 is 1.75. The molecule has 2 aromatic heterocycles. The first-order valence-electron chi connectivity index (χ1n) is 7.11. The second kappa shape index (κ2) is 4.59. The second-order valence-electron chi connectivity index (χ2n) is 6.75. The molecule has 0 aliphatic heterocycles. The molecule has 0 aromatic carbocycles. The predicted octanol–water partition coefficient (Wildman–Crippen LogP) is 4.37. The van der Waals surface area contributed by atoms with Gasteiger partial charge in [-0.25, -0.2) is 0 Å². The van der Waals surface area contributed by atoms with Gasteiger partial charge in [0.1, 0.15) is 0 Å². The number of carbonyl (C=O) groups excluding carboxylic acids is 1. The van der Waals surface area contributed by atoms with Crippen LogP contribution in [0.2, 0.25) is 0 Å². The molecule has 106 valence electrons. The number of ketones is 1. The Morgan fingerprint density at radius 3 is 2.65 bits per heavy atom. The molecule has 2 nitrogen and oxygen atoms in total. The van der Waals surface area contributed by atoms with Gasteiger partial charge in [0.25, 0.3) is 0 Å². The highest BCUT2D eigenvalue weighted by molar-refractivity contribution is 7.08. The van der Waals surface area contributed by atoms with E-state index in [9.17, 15) is 4.79 Å². The van der Waals surface area contributed by atoms with Crippen molar-refractivity contribution in [2.24, 2.45) is 5.41 Å². The van der Waals surface area contributed by atoms with Crippen LogP contribution in [0.5, 0.6) is 0 Å². The van der Waals surface area contributed by atoms with Gasteiger partial charge in [0.2, 0.25) is 0 Å². The molecule has 0 bridgehead atoms. The zero-order chi connectivity index (χ0) is 14.5. The van der Waals surface area contributed by atoms with E-state index in [2.05, 4.69) is 49.1 Å². The Labute approximate surface area is 124 Å². The third-order valence-corrected chi connectivity index (χ3v) is 5.20. The van der Waals surface area contributed by atoms with Crippen molar-refractivity contribution in [3.8, 4) is 0 Å². The lowest BCUT2D eigenvalue weighted by Gasteiger charge is -2.30. The summed E-state index contributed by atoms with van der Waals surface area (Å²) in [6.45, 7) is 9.54. The molecular weight excluding hydrogens is 266 g/mol. The minimum atomic E-state index is 0.0797. The van der Waals surface area contributed by atoms with Gasteiger partial charge in [-0.3, -0.25) is 4.79 Å². The standard InChI is InChI=1S/C17H21NOS/c1-11-9-20-10-13(11)8-18-12(2)5-14-15(18)6-17(3,4)7-16(14)19/h5,9-10H,6-8H2,1-4H3. The molecule has 3 rings (SSSR count). The summed E-state index contributed by atoms with van der Waals surface area (Å²) in [4.78, 5) is 12.3. The van der Waals surface area contributed by atoms with E-state index in [1.54, 1.807) is 11.3 Å². The number of Topliss-reactive ketones (excluding diaryl/α,β-unsaturated/α-hetero) is 1. The number of hydrogen-bond donors (Lipinski definition) is 0. The van der Waals surface area contributed by atoms with E-state index in [-0.39, 0.29) is 5.41 Å². The van der Waals surface area contributed by atoms with Crippen LogP contribution in [0.4, 0.5) is 0 Å². The van der Waals surface area contributed by atoms with Crippen LogP contribution in [-0.4, -0.2) is 10.4 Å². The van der Waals surface area contributed by atoms with Crippen molar-refractivity contribution in [3.63, 3.8) is 0 Å². The van der Waals surface area contributed by atoms with Crippen molar-refractivity contribution < 1.29 is 4.79 Å². The minimum Gasteiger partial charge on any atom is -0.344 e. The van der Waals surface area contributed by atoms with Gasteiger partial charge in [0.15, 0.2) is 5.78 Å². The molecule has 0 saturated heterocycles. The summed E-state index contributed by atoms with van der Waals surface area (Å²) < 4.78 is 2.34. The van der Waals surface area contributed by atoms with Gasteiger partial charge in [0.05, 0.1) is 0 Å². The molecule has 0 saturated carbocycles. The third kappa shape index (κ3) is 2.24. The molecule has 2 aromatic rings. The van der Waals surface area contributed by atoms with E-state index >= 15 is 0 Å². The Kier molecular flexibility index (Phi) is 3.13. The summed E-state index contributed by atoms with van der Waals surface area (Å²) in [6.07, 6.45) is 1.66. The number of aromatic nitrogens is 1. The van der Waals surface area contributed by atoms with Gasteiger partial charge >= 0.3 is 0 Å². The van der Waals surface area contributed by atoms with Gasteiger partial charge in [-0.05, 0) is 53.6 Å². The molecule has 20 heavy (non-hydrogen) atoms. The maximum absolute atomic E-state index is 12.3. The average molecular weight is 287 g/mol. The summed E-state index contributed by atoms with van der Waals surface area (Å²) in [6, 6.07) is 2.08. The highest BCUT2D eigenvalue weighted by atomic mass is 32.1. The predicted molar refractivity (Wildman–Crippen MR) is 83.8 cm³/mol. The first-order valence-corrected chi connectivity index (χ1v) is 8.05. The second-order valence-corrected chi connectivity index (χ2v) is 7.50. The lowest BCUT2D eigenvalue weighted by atomic mass is 9.76. The molecule has 2 heterocycles. The normalized spacial score (nSPS) is 17.3. The Hall–Kier alpha value is -1.35. The van der Waals surface area contributed by atoms with E-state index in [4.69, 9.17) is 0 Å². The van der Waals surface area contributed by atoms with Crippen LogP contribution in [0.3, 0.4) is 0 Å². The van der Waals surface area contributed by atoms with Crippen LogP contribution in [0.1, 0.15) is 53.1 Å². The number of fused-ring (bicyclic) bond motifs is 1. The van der Waals surface area contributed by atoms with E-state index < -0.39 is 0 Å². The van der Waals surface area contributed by atoms with Crippen molar-refractivity contribution >= 4 is 17.1 Å². The Morgan fingerprint density at radius 1 is 1.25 bits per heavy atom. The summed E-state index contributed by atoms with van der Waals surface area (Å²) in [5.41, 5.74) is 6.18. The van der Waals surface area contributed by atoms with Crippen LogP contribution in [-0.2, 0) is 13.0 Å². The van der Waals surface area contributed by atoms with Gasteiger partial charge in [0, 0.05) is 29.9 Å². The van der Waals surface area contributed by atoms with Crippen molar-refractivity contribution in [2.45, 2.75) is 47.1 Å². The van der Waals surface area contributed by atoms with Crippen LogP contribution < -0.4 is 0 Å². The lowest BCUT2D eigenvalue weighted by Crippen LogP contribution is -2.28. The summed E-state index contributed by atoms with van der Waals surface area (Å²) in [7, 11) is 0. The largest absolute Gasteiger partial charge is 0.344 e. The third-order valence-electron chi connectivity index (χ3n) is 4.29. The molecule has 0 radical (unpaired) electrons. The van der Waals surface area contributed by atoms with Crippen LogP contribution in [0, 0.1) is 19.3 Å². The van der Waals surface area contributed by atoms with Crippen molar-refractivity contribution in [1.29, 1.82) is 0 Å². The Morgan fingerprint density at radius 2 is 2.00 bits per heavy atom. The van der Waals surface area contributed by atoms with Gasteiger partial charge < -0.3 is 4.57 Å². The van der Waals surface area contributed by atoms with Gasteiger partial charge in [-0.2, -0.15) is 11.3 Å². The highest BCUT2D eigenvalue weighted by Crippen LogP contribution is 2.36. The molecule has 1 aliphatic rings. The van der Waals surface area contributed by atoms with Crippen LogP contribution in [0.25, 0.3) is 0 Å². The molecule has 0 spiro atoms. The van der Waals surface area contributed by atoms with Crippen LogP contribution in [0.15, 0.2) is 16.8 Å². The smallest absolute Gasteiger partial charge is 0.165 e. The molecule has 0 unspecified atom stereocenters. The fourth-order valence-electron chi connectivity index (χ4n) is 3.15. The molecule has 0 amide bonds. The molecule has 0 fully saturated rings. The SMILES string of the molecule is Cc1cscc1Cn1c(C)cc2c1CC(C)(C)CC2=O. The lowest BCUT2D eigenvalue weighted by molar-refractivity contribution is 0.0910. The van der Waals surface area contributed by atoms with E-state index in [1.165, 1.54) is 22.5 Å². The zero-order valence-electron chi connectivity index (χ0n) is 12.6. The molecule has 3 heteroatoms. The van der Waals surface area contributed by atoms with Crippen molar-refractivity contribution in [1.82, 2.24) is 4.57 Å². The number of aryl methyl sites for hydroxylation is 2. The minimum absolute atomic E-state index is 0.0797. The maximum atomic E-state index is 12.3. The number of thiophene rings is 1. The first-order chi connectivity index (χ1) is 9.37. The maximum Gasteiger partial charge on any atom is 0.165 e. The molecular formula is C17H21NOS. The van der Waals surface area contributed by atoms with Crippen molar-refractivity contribution in [2.75, 3.05) is 0 Å². The Bertz CT molecular complexity index is 675. The van der Waals surface area contributed by atoms with E-state index in [0.29, 0.717) is 12.2 Å². The fourth-order valence-corrected chi connectivity index (χ4v) is 3.99.